The van der Waals surface area contributed by atoms with Gasteiger partial charge in [-0.1, -0.05) is 12.1 Å². The van der Waals surface area contributed by atoms with Crippen LogP contribution in [-0.4, -0.2) is 10.8 Å². The first-order valence-corrected chi connectivity index (χ1v) is 4.29. The summed E-state index contributed by atoms with van der Waals surface area (Å²) in [6.45, 7) is 0. The van der Waals surface area contributed by atoms with E-state index in [4.69, 9.17) is 5.26 Å². The van der Waals surface area contributed by atoms with E-state index in [1.54, 1.807) is 12.3 Å². The van der Waals surface area contributed by atoms with E-state index in [-0.39, 0.29) is 12.2 Å². The second kappa shape index (κ2) is 3.35. The van der Waals surface area contributed by atoms with Crippen LogP contribution >= 0.6 is 0 Å². The van der Waals surface area contributed by atoms with Crippen LogP contribution in [0.5, 0.6) is 0 Å². The number of carbonyl (C=O) groups is 1. The first kappa shape index (κ1) is 8.52. The van der Waals surface area contributed by atoms with Crippen molar-refractivity contribution in [2.45, 2.75) is 6.42 Å². The number of aromatic nitrogens is 1. The zero-order valence-corrected chi connectivity index (χ0v) is 7.45. The number of nitrogens with one attached hydrogen (secondary N) is 1. The molecule has 1 aromatic carbocycles. The highest BCUT2D eigenvalue weighted by Gasteiger charge is 2.09. The Balaban J connectivity index is 2.57. The lowest BCUT2D eigenvalue weighted by Crippen LogP contribution is -1.97. The quantitative estimate of drug-likeness (QED) is 0.728. The van der Waals surface area contributed by atoms with Gasteiger partial charge in [-0.25, -0.2) is 0 Å². The number of rotatable bonds is 2. The third kappa shape index (κ3) is 1.27. The minimum absolute atomic E-state index is 0.0713. The second-order valence-corrected chi connectivity index (χ2v) is 3.01. The summed E-state index contributed by atoms with van der Waals surface area (Å²) in [6, 6.07) is 9.24. The monoisotopic (exact) mass is 184 g/mol. The summed E-state index contributed by atoms with van der Waals surface area (Å²) in [4.78, 5) is 14.5. The number of ketones is 1. The molecule has 0 saturated heterocycles. The molecule has 14 heavy (non-hydrogen) atoms. The Morgan fingerprint density at radius 1 is 1.43 bits per heavy atom. The Kier molecular flexibility index (Phi) is 2.04. The molecule has 1 N–H and O–H groups in total. The van der Waals surface area contributed by atoms with Crippen molar-refractivity contribution in [2.75, 3.05) is 0 Å². The zero-order chi connectivity index (χ0) is 9.97. The first-order valence-electron chi connectivity index (χ1n) is 4.29. The van der Waals surface area contributed by atoms with Crippen LogP contribution in [0.1, 0.15) is 16.8 Å². The van der Waals surface area contributed by atoms with Crippen molar-refractivity contribution in [3.63, 3.8) is 0 Å². The third-order valence-corrected chi connectivity index (χ3v) is 2.13. The highest BCUT2D eigenvalue weighted by atomic mass is 16.1. The third-order valence-electron chi connectivity index (χ3n) is 2.13. The van der Waals surface area contributed by atoms with Gasteiger partial charge in [0.15, 0.2) is 5.78 Å². The Bertz CT molecular complexity index is 519. The van der Waals surface area contributed by atoms with Crippen molar-refractivity contribution >= 4 is 16.7 Å². The Labute approximate surface area is 81.0 Å². The van der Waals surface area contributed by atoms with E-state index in [0.717, 1.165) is 10.9 Å². The number of hydrogen-bond donors (Lipinski definition) is 1. The molecule has 68 valence electrons. The van der Waals surface area contributed by atoms with E-state index < -0.39 is 0 Å². The molecule has 0 atom stereocenters. The number of nitriles is 1. The van der Waals surface area contributed by atoms with Crippen molar-refractivity contribution in [3.05, 3.63) is 36.0 Å². The fourth-order valence-corrected chi connectivity index (χ4v) is 1.48. The molecule has 2 rings (SSSR count). The van der Waals surface area contributed by atoms with E-state index in [1.165, 1.54) is 0 Å². The van der Waals surface area contributed by atoms with Crippen LogP contribution in [0.2, 0.25) is 0 Å². The van der Waals surface area contributed by atoms with Gasteiger partial charge in [-0.15, -0.1) is 0 Å². The Hall–Kier alpha value is -2.08. The number of hydrogen-bond acceptors (Lipinski definition) is 2. The summed E-state index contributed by atoms with van der Waals surface area (Å²) in [5.74, 6) is -0.138. The first-order chi connectivity index (χ1) is 6.83. The molecule has 0 spiro atoms. The van der Waals surface area contributed by atoms with Gasteiger partial charge in [-0.05, 0) is 12.1 Å². The van der Waals surface area contributed by atoms with Crippen molar-refractivity contribution in [1.29, 1.82) is 5.26 Å². The lowest BCUT2D eigenvalue weighted by molar-refractivity contribution is 0.0999. The second-order valence-electron chi connectivity index (χ2n) is 3.01. The van der Waals surface area contributed by atoms with Gasteiger partial charge < -0.3 is 4.98 Å². The number of para-hydroxylation sites is 1. The average Bonchev–Trinajstić information content (AvgIpc) is 2.65. The molecule has 0 amide bonds. The van der Waals surface area contributed by atoms with Gasteiger partial charge in [-0.3, -0.25) is 4.79 Å². The minimum atomic E-state index is -0.138. The molecule has 2 aromatic rings. The van der Waals surface area contributed by atoms with Crippen molar-refractivity contribution in [2.24, 2.45) is 0 Å². The number of carbonyl (C=O) groups excluding carboxylic acids is 1. The normalized spacial score (nSPS) is 9.93. The largest absolute Gasteiger partial charge is 0.361 e. The molecule has 3 heteroatoms. The number of Topliss-reactive ketones (excluding diaryl/α,β-unsaturated/α-hetero) is 1. The van der Waals surface area contributed by atoms with E-state index in [2.05, 4.69) is 4.98 Å². The predicted molar refractivity (Wildman–Crippen MR) is 52.9 cm³/mol. The topological polar surface area (TPSA) is 56.6 Å². The fraction of sp³-hybridized carbons (Fsp3) is 0.0909. The number of nitrogens with zero attached hydrogens (tertiary/aromatic N) is 1. The summed E-state index contributed by atoms with van der Waals surface area (Å²) in [7, 11) is 0. The van der Waals surface area contributed by atoms with Crippen LogP contribution < -0.4 is 0 Å². The molecule has 0 bridgehead atoms. The van der Waals surface area contributed by atoms with Gasteiger partial charge in [0.2, 0.25) is 0 Å². The fourth-order valence-electron chi connectivity index (χ4n) is 1.48. The molecule has 0 saturated carbocycles. The minimum Gasteiger partial charge on any atom is -0.361 e. The van der Waals surface area contributed by atoms with Crippen molar-refractivity contribution in [3.8, 4) is 6.07 Å². The number of fused-ring (bicyclic) bond motifs is 1. The summed E-state index contributed by atoms with van der Waals surface area (Å²) >= 11 is 0. The lowest BCUT2D eigenvalue weighted by Gasteiger charge is -1.98. The summed E-state index contributed by atoms with van der Waals surface area (Å²) in [5.41, 5.74) is 1.40. The van der Waals surface area contributed by atoms with Gasteiger partial charge in [0, 0.05) is 17.1 Å². The van der Waals surface area contributed by atoms with Crippen molar-refractivity contribution in [1.82, 2.24) is 4.98 Å². The Morgan fingerprint density at radius 2 is 2.29 bits per heavy atom. The molecular weight excluding hydrogens is 176 g/mol. The van der Waals surface area contributed by atoms with Crippen LogP contribution in [0.3, 0.4) is 0 Å². The molecule has 3 nitrogen and oxygen atoms in total. The smallest absolute Gasteiger partial charge is 0.179 e. The molecule has 0 unspecified atom stereocenters. The number of H-pyrrole nitrogens is 1. The average molecular weight is 184 g/mol. The molecule has 1 heterocycles. The maximum absolute atomic E-state index is 11.5. The maximum Gasteiger partial charge on any atom is 0.179 e. The highest BCUT2D eigenvalue weighted by molar-refractivity contribution is 6.07. The summed E-state index contributed by atoms with van der Waals surface area (Å²) in [6.07, 6.45) is 1.71. The number of aromatic amines is 1. The van der Waals surface area contributed by atoms with E-state index >= 15 is 0 Å². The molecule has 0 aliphatic heterocycles. The van der Waals surface area contributed by atoms with E-state index in [1.807, 2.05) is 24.3 Å². The van der Waals surface area contributed by atoms with E-state index in [0.29, 0.717) is 5.56 Å². The molecule has 0 radical (unpaired) electrons. The van der Waals surface area contributed by atoms with Gasteiger partial charge in [0.25, 0.3) is 0 Å². The molecule has 0 fully saturated rings. The number of benzene rings is 1. The van der Waals surface area contributed by atoms with Crippen molar-refractivity contribution < 1.29 is 4.79 Å². The molecular formula is C11H8N2O. The molecule has 1 aromatic heterocycles. The van der Waals surface area contributed by atoms with Crippen LogP contribution in [0.15, 0.2) is 30.5 Å². The molecule has 0 aliphatic carbocycles. The van der Waals surface area contributed by atoms with Gasteiger partial charge in [0.05, 0.1) is 18.0 Å². The van der Waals surface area contributed by atoms with Gasteiger partial charge in [-0.2, -0.15) is 5.26 Å². The van der Waals surface area contributed by atoms with Crippen LogP contribution in [0.25, 0.3) is 10.9 Å². The standard InChI is InChI=1S/C11H8N2O/c12-6-4-10(14)9-3-1-2-8-5-7-13-11(8)9/h1-3,5,7,13H,4H2. The maximum atomic E-state index is 11.5. The van der Waals surface area contributed by atoms with Gasteiger partial charge >= 0.3 is 0 Å². The van der Waals surface area contributed by atoms with Crippen LogP contribution in [0.4, 0.5) is 0 Å². The zero-order valence-electron chi connectivity index (χ0n) is 7.45. The predicted octanol–water partition coefficient (Wildman–Crippen LogP) is 2.26. The van der Waals surface area contributed by atoms with E-state index in [9.17, 15) is 4.79 Å². The van der Waals surface area contributed by atoms with Gasteiger partial charge in [0.1, 0.15) is 0 Å². The van der Waals surface area contributed by atoms with Crippen LogP contribution in [0, 0.1) is 11.3 Å². The SMILES string of the molecule is N#CCC(=O)c1cccc2cc[nH]c12. The molecule has 0 aliphatic rings. The highest BCUT2D eigenvalue weighted by Crippen LogP contribution is 2.17. The summed E-state index contributed by atoms with van der Waals surface area (Å²) < 4.78 is 0. The lowest BCUT2D eigenvalue weighted by atomic mass is 10.1. The van der Waals surface area contributed by atoms with Crippen LogP contribution in [-0.2, 0) is 0 Å². The Morgan fingerprint density at radius 3 is 3.07 bits per heavy atom. The summed E-state index contributed by atoms with van der Waals surface area (Å²) in [5, 5.41) is 9.43.